The second-order valence-corrected chi connectivity index (χ2v) is 3.44. The van der Waals surface area contributed by atoms with Gasteiger partial charge in [0.05, 0.1) is 6.61 Å². The van der Waals surface area contributed by atoms with Crippen LogP contribution in [0.15, 0.2) is 0 Å². The molecule has 8 heteroatoms. The van der Waals surface area contributed by atoms with Gasteiger partial charge in [0.15, 0.2) is 0 Å². The van der Waals surface area contributed by atoms with E-state index in [1.165, 1.54) is 0 Å². The van der Waals surface area contributed by atoms with Gasteiger partial charge in [0.1, 0.15) is 0 Å². The maximum absolute atomic E-state index is 9.89. The van der Waals surface area contributed by atoms with Crippen molar-refractivity contribution >= 4 is 23.9 Å². The van der Waals surface area contributed by atoms with Crippen molar-refractivity contribution in [1.82, 2.24) is 9.80 Å². The van der Waals surface area contributed by atoms with Crippen molar-refractivity contribution in [1.29, 1.82) is 0 Å². The van der Waals surface area contributed by atoms with Gasteiger partial charge < -0.3 is 45.1 Å². The maximum Gasteiger partial charge on any atom is 4.00 e. The van der Waals surface area contributed by atoms with Gasteiger partial charge in [0.2, 0.25) is 0 Å². The average Bonchev–Trinajstić information content (AvgIpc) is 2.20. The molecule has 0 aromatic carbocycles. The molecule has 1 N–H and O–H groups in total. The Labute approximate surface area is 164 Å². The van der Waals surface area contributed by atoms with Crippen molar-refractivity contribution in [2.45, 2.75) is 0 Å². The van der Waals surface area contributed by atoms with Gasteiger partial charge in [-0.25, -0.2) is 0 Å². The molecule has 0 aliphatic carbocycles. The van der Waals surface area contributed by atoms with E-state index < -0.39 is 0 Å². The first kappa shape index (κ1) is 37.6. The average molecular weight is 407 g/mol. The third-order valence-electron chi connectivity index (χ3n) is 1.90. The van der Waals surface area contributed by atoms with Crippen LogP contribution in [0.4, 0.5) is 0 Å². The molecule has 0 saturated heterocycles. The number of likely N-dealkylation sites (N-methyl/N-ethyl adjacent to an activating group) is 2. The van der Waals surface area contributed by atoms with Crippen LogP contribution in [-0.2, 0) is 0 Å². The fourth-order valence-corrected chi connectivity index (χ4v) is 0.862. The quantitative estimate of drug-likeness (QED) is 0.318. The third-order valence-corrected chi connectivity index (χ3v) is 1.90. The van der Waals surface area contributed by atoms with Crippen LogP contribution in [0.25, 0.3) is 0 Å². The van der Waals surface area contributed by atoms with Gasteiger partial charge in [-0.1, -0.05) is 0 Å². The van der Waals surface area contributed by atoms with Crippen LogP contribution < -0.4 is 44.9 Å². The van der Waals surface area contributed by atoms with Crippen LogP contribution in [0.5, 0.6) is 0 Å². The smallest absolute Gasteiger partial charge is 0.854 e. The normalized spacial score (nSPS) is 8.40. The van der Waals surface area contributed by atoms with Gasteiger partial charge in [-0.15, -0.1) is 19.8 Å². The van der Waals surface area contributed by atoms with E-state index in [0.717, 1.165) is 0 Å². The Hall–Kier alpha value is 1.56. The second-order valence-electron chi connectivity index (χ2n) is 3.44. The van der Waals surface area contributed by atoms with Gasteiger partial charge in [0.25, 0.3) is 0 Å². The molecule has 0 amide bonds. The summed E-state index contributed by atoms with van der Waals surface area (Å²) >= 11 is 0. The minimum atomic E-state index is -0.115. The van der Waals surface area contributed by atoms with E-state index in [1.54, 1.807) is 16.8 Å². The minimum absolute atomic E-state index is 0. The molecule has 0 saturated carbocycles. The van der Waals surface area contributed by atoms with Crippen LogP contribution in [0.3, 0.4) is 0 Å². The summed E-state index contributed by atoms with van der Waals surface area (Å²) in [6.45, 7) is 1.92. The Morgan fingerprint density at radius 3 is 1.20 bits per heavy atom. The number of hydrogen-bond acceptors (Lipinski definition) is 6. The standard InChI is InChI=1S/C5H12NO2.C5H11NO2.2CH3.Na.Sn/c2*1-6(2-4-7)3-5-8;;;;/h7H,2-5H2,1H3;2-5H2,1H3;2*1H3;;/q-1;-2;2*-1;+1;+4. The predicted molar refractivity (Wildman–Crippen MR) is 75.3 cm³/mol. The molecule has 0 bridgehead atoms. The van der Waals surface area contributed by atoms with E-state index in [4.69, 9.17) is 5.11 Å². The zero-order chi connectivity index (χ0) is 12.8. The first-order chi connectivity index (χ1) is 7.62. The molecule has 0 atom stereocenters. The summed E-state index contributed by atoms with van der Waals surface area (Å²) in [5.74, 6) is 0. The Morgan fingerprint density at radius 2 is 1.00 bits per heavy atom. The molecule has 0 rings (SSSR count). The van der Waals surface area contributed by atoms with E-state index in [-0.39, 0.29) is 94.7 Å². The Morgan fingerprint density at radius 1 is 0.750 bits per heavy atom. The third kappa shape index (κ3) is 36.6. The van der Waals surface area contributed by atoms with Gasteiger partial charge >= 0.3 is 53.5 Å². The molecule has 0 aliphatic heterocycles. The number of nitrogens with zero attached hydrogens (tertiary/aromatic N) is 2. The molecular formula is C12H29N2NaO4Sn. The van der Waals surface area contributed by atoms with Gasteiger partial charge in [-0.2, -0.15) is 0 Å². The Kier molecular flexibility index (Phi) is 61.1. The van der Waals surface area contributed by atoms with Crippen molar-refractivity contribution < 1.29 is 50.0 Å². The first-order valence-electron chi connectivity index (χ1n) is 5.34. The fraction of sp³-hybridized carbons (Fsp3) is 0.833. The molecule has 6 nitrogen and oxygen atoms in total. The molecule has 0 aliphatic rings. The van der Waals surface area contributed by atoms with E-state index in [2.05, 4.69) is 0 Å². The maximum atomic E-state index is 9.89. The van der Waals surface area contributed by atoms with Crippen LogP contribution in [0, 0.1) is 14.9 Å². The van der Waals surface area contributed by atoms with E-state index in [0.29, 0.717) is 26.2 Å². The Balaban J connectivity index is -0.0000000408. The molecule has 0 aromatic rings. The van der Waals surface area contributed by atoms with Crippen molar-refractivity contribution in [3.05, 3.63) is 14.9 Å². The SMILES string of the molecule is CN(CC[O-])CCO.CN(CC[O-])CC[O-].[CH3-].[CH3-].[Na+].[Sn+4]. The van der Waals surface area contributed by atoms with E-state index >= 15 is 0 Å². The van der Waals surface area contributed by atoms with Gasteiger partial charge in [-0.05, 0) is 33.7 Å². The molecular weight excluding hydrogens is 378 g/mol. The molecule has 20 heavy (non-hydrogen) atoms. The number of hydrogen-bond donors (Lipinski definition) is 1. The summed E-state index contributed by atoms with van der Waals surface area (Å²) in [5, 5.41) is 38.0. The van der Waals surface area contributed by atoms with Crippen LogP contribution in [0.1, 0.15) is 0 Å². The van der Waals surface area contributed by atoms with E-state index in [9.17, 15) is 15.3 Å². The monoisotopic (exact) mass is 408 g/mol. The topological polar surface area (TPSA) is 95.9 Å². The summed E-state index contributed by atoms with van der Waals surface area (Å²) < 4.78 is 0. The van der Waals surface area contributed by atoms with Crippen LogP contribution in [0.2, 0.25) is 0 Å². The summed E-state index contributed by atoms with van der Waals surface area (Å²) in [6, 6.07) is 0. The van der Waals surface area contributed by atoms with Crippen LogP contribution >= 0.6 is 0 Å². The Bertz CT molecular complexity index is 114. The number of aliphatic hydroxyl groups excluding tert-OH is 1. The fourth-order valence-electron chi connectivity index (χ4n) is 0.862. The number of aliphatic hydroxyl groups is 1. The minimum Gasteiger partial charge on any atom is -0.854 e. The molecule has 0 spiro atoms. The molecule has 0 aromatic heterocycles. The molecule has 0 unspecified atom stereocenters. The van der Waals surface area contributed by atoms with Crippen molar-refractivity contribution in [2.24, 2.45) is 0 Å². The summed E-state index contributed by atoms with van der Waals surface area (Å²) in [7, 11) is 3.59. The summed E-state index contributed by atoms with van der Waals surface area (Å²) in [4.78, 5) is 3.53. The largest absolute Gasteiger partial charge is 4.00 e. The summed E-state index contributed by atoms with van der Waals surface area (Å²) in [6.07, 6.45) is 0. The molecule has 116 valence electrons. The number of rotatable bonds is 8. The molecule has 0 radical (unpaired) electrons. The molecule has 0 fully saturated rings. The van der Waals surface area contributed by atoms with Crippen LogP contribution in [-0.4, -0.2) is 106 Å². The van der Waals surface area contributed by atoms with Gasteiger partial charge in [0, 0.05) is 6.54 Å². The van der Waals surface area contributed by atoms with Gasteiger partial charge in [-0.3, -0.25) is 0 Å². The zero-order valence-electron chi connectivity index (χ0n) is 13.7. The zero-order valence-corrected chi connectivity index (χ0v) is 18.6. The van der Waals surface area contributed by atoms with Crippen molar-refractivity contribution in [3.8, 4) is 0 Å². The van der Waals surface area contributed by atoms with Crippen molar-refractivity contribution in [2.75, 3.05) is 66.7 Å². The first-order valence-corrected chi connectivity index (χ1v) is 5.34. The second kappa shape index (κ2) is 32.5. The predicted octanol–water partition coefficient (Wildman–Crippen LogP) is -6.57. The molecule has 0 heterocycles. The van der Waals surface area contributed by atoms with E-state index in [1.807, 2.05) is 7.05 Å². The summed E-state index contributed by atoms with van der Waals surface area (Å²) in [5.41, 5.74) is 0. The van der Waals surface area contributed by atoms with Crippen molar-refractivity contribution in [3.63, 3.8) is 0 Å².